The van der Waals surface area contributed by atoms with E-state index in [0.29, 0.717) is 16.8 Å². The largest absolute Gasteiger partial charge is 0.493 e. The molecule has 0 atom stereocenters. The van der Waals surface area contributed by atoms with E-state index in [-0.39, 0.29) is 16.8 Å². The van der Waals surface area contributed by atoms with E-state index in [4.69, 9.17) is 4.74 Å². The Morgan fingerprint density at radius 2 is 1.76 bits per heavy atom. The molecule has 130 valence electrons. The van der Waals surface area contributed by atoms with Gasteiger partial charge in [0.15, 0.2) is 0 Å². The van der Waals surface area contributed by atoms with E-state index in [1.165, 1.54) is 30.3 Å². The Hall–Kier alpha value is -2.94. The number of benzene rings is 2. The first-order valence-corrected chi connectivity index (χ1v) is 7.99. The third kappa shape index (κ3) is 4.54. The minimum atomic E-state index is -0.798. The lowest BCUT2D eigenvalue weighted by atomic mass is 10.1. The van der Waals surface area contributed by atoms with Crippen LogP contribution in [0.15, 0.2) is 46.9 Å². The molecule has 0 fully saturated rings. The Bertz CT molecular complexity index is 825. The summed E-state index contributed by atoms with van der Waals surface area (Å²) in [6.07, 6.45) is 0. The Kier molecular flexibility index (Phi) is 6.07. The number of hydrogen-bond acceptors (Lipinski definition) is 5. The van der Waals surface area contributed by atoms with Gasteiger partial charge in [0.25, 0.3) is 17.5 Å². The van der Waals surface area contributed by atoms with E-state index in [2.05, 4.69) is 26.8 Å². The fourth-order valence-corrected chi connectivity index (χ4v) is 2.40. The quantitative estimate of drug-likeness (QED) is 0.584. The number of carbonyl (C=O) groups excluding carboxylic acids is 2. The first-order chi connectivity index (χ1) is 11.9. The van der Waals surface area contributed by atoms with E-state index < -0.39 is 16.7 Å². The molecular formula is C16H14BrN3O5. The summed E-state index contributed by atoms with van der Waals surface area (Å²) in [6.45, 7) is 2.14. The Labute approximate surface area is 151 Å². The number of amides is 2. The van der Waals surface area contributed by atoms with Gasteiger partial charge in [0.05, 0.1) is 17.1 Å². The molecule has 0 aliphatic heterocycles. The summed E-state index contributed by atoms with van der Waals surface area (Å²) in [4.78, 5) is 34.7. The summed E-state index contributed by atoms with van der Waals surface area (Å²) < 4.78 is 6.03. The van der Waals surface area contributed by atoms with Crippen LogP contribution in [0, 0.1) is 10.1 Å². The molecule has 0 heterocycles. The minimum Gasteiger partial charge on any atom is -0.493 e. The number of ether oxygens (including phenoxy) is 1. The van der Waals surface area contributed by atoms with Gasteiger partial charge in [-0.25, -0.2) is 0 Å². The van der Waals surface area contributed by atoms with E-state index in [1.807, 2.05) is 0 Å². The van der Waals surface area contributed by atoms with Gasteiger partial charge in [-0.1, -0.05) is 28.1 Å². The van der Waals surface area contributed by atoms with E-state index in [1.54, 1.807) is 19.1 Å². The Balaban J connectivity index is 2.14. The van der Waals surface area contributed by atoms with Crippen LogP contribution in [0.4, 0.5) is 5.69 Å². The van der Waals surface area contributed by atoms with Crippen molar-refractivity contribution in [2.24, 2.45) is 0 Å². The zero-order chi connectivity index (χ0) is 18.4. The first-order valence-electron chi connectivity index (χ1n) is 7.20. The van der Waals surface area contributed by atoms with Crippen LogP contribution >= 0.6 is 15.9 Å². The van der Waals surface area contributed by atoms with Crippen molar-refractivity contribution in [1.82, 2.24) is 10.9 Å². The predicted octanol–water partition coefficient (Wildman–Crippen LogP) is 2.83. The van der Waals surface area contributed by atoms with Gasteiger partial charge in [-0.15, -0.1) is 0 Å². The minimum absolute atomic E-state index is 0.160. The molecule has 0 aromatic heterocycles. The smallest absolute Gasteiger partial charge is 0.282 e. The number of nitro groups is 1. The molecule has 2 aromatic carbocycles. The highest BCUT2D eigenvalue weighted by Crippen LogP contribution is 2.23. The lowest BCUT2D eigenvalue weighted by Gasteiger charge is -2.12. The zero-order valence-corrected chi connectivity index (χ0v) is 14.7. The molecule has 0 saturated heterocycles. The summed E-state index contributed by atoms with van der Waals surface area (Å²) >= 11 is 3.26. The third-order valence-corrected chi connectivity index (χ3v) is 3.61. The second-order valence-corrected chi connectivity index (χ2v) is 5.67. The number of nitrogens with zero attached hydrogens (tertiary/aromatic N) is 1. The van der Waals surface area contributed by atoms with Gasteiger partial charge < -0.3 is 4.74 Å². The summed E-state index contributed by atoms with van der Waals surface area (Å²) in [5.74, 6) is -1.06. The number of nitro benzene ring substituents is 1. The number of rotatable bonds is 5. The van der Waals surface area contributed by atoms with Gasteiger partial charge in [-0.3, -0.25) is 30.6 Å². The Morgan fingerprint density at radius 1 is 1.12 bits per heavy atom. The third-order valence-electron chi connectivity index (χ3n) is 3.12. The van der Waals surface area contributed by atoms with Crippen LogP contribution in [-0.2, 0) is 0 Å². The fraction of sp³-hybridized carbons (Fsp3) is 0.125. The maximum atomic E-state index is 12.3. The number of nitrogens with one attached hydrogen (secondary N) is 2. The number of carbonyl (C=O) groups is 2. The van der Waals surface area contributed by atoms with Crippen LogP contribution < -0.4 is 15.6 Å². The standard InChI is InChI=1S/C16H14BrN3O5/c1-2-25-14-8-7-10(17)9-12(14)16(22)19-18-15(21)11-5-3-4-6-13(11)20(23)24/h3-9H,2H2,1H3,(H,18,21)(H,19,22). The highest BCUT2D eigenvalue weighted by atomic mass is 79.9. The van der Waals surface area contributed by atoms with Crippen LogP contribution in [0.2, 0.25) is 0 Å². The second kappa shape index (κ2) is 8.25. The molecule has 0 aliphatic carbocycles. The van der Waals surface area contributed by atoms with E-state index >= 15 is 0 Å². The molecule has 0 saturated carbocycles. The fourth-order valence-electron chi connectivity index (χ4n) is 2.03. The zero-order valence-electron chi connectivity index (χ0n) is 13.1. The second-order valence-electron chi connectivity index (χ2n) is 4.76. The van der Waals surface area contributed by atoms with Crippen molar-refractivity contribution in [3.05, 3.63) is 68.2 Å². The topological polar surface area (TPSA) is 111 Å². The lowest BCUT2D eigenvalue weighted by Crippen LogP contribution is -2.42. The van der Waals surface area contributed by atoms with Gasteiger partial charge in [0.1, 0.15) is 11.3 Å². The molecule has 0 aliphatic rings. The number of hydrogen-bond donors (Lipinski definition) is 2. The van der Waals surface area contributed by atoms with Crippen molar-refractivity contribution in [2.75, 3.05) is 6.61 Å². The van der Waals surface area contributed by atoms with Crippen LogP contribution in [0.5, 0.6) is 5.75 Å². The van der Waals surface area contributed by atoms with Crippen molar-refractivity contribution in [3.8, 4) is 5.75 Å². The molecular weight excluding hydrogens is 394 g/mol. The monoisotopic (exact) mass is 407 g/mol. The van der Waals surface area contributed by atoms with Gasteiger partial charge in [0.2, 0.25) is 0 Å². The van der Waals surface area contributed by atoms with Crippen molar-refractivity contribution in [1.29, 1.82) is 0 Å². The molecule has 0 radical (unpaired) electrons. The average molecular weight is 408 g/mol. The van der Waals surface area contributed by atoms with Gasteiger partial charge in [-0.2, -0.15) is 0 Å². The van der Waals surface area contributed by atoms with Crippen LogP contribution in [0.3, 0.4) is 0 Å². The van der Waals surface area contributed by atoms with Crippen molar-refractivity contribution >= 4 is 33.4 Å². The summed E-state index contributed by atoms with van der Waals surface area (Å²) in [7, 11) is 0. The molecule has 0 bridgehead atoms. The van der Waals surface area contributed by atoms with Crippen LogP contribution in [-0.4, -0.2) is 23.3 Å². The predicted molar refractivity (Wildman–Crippen MR) is 93.3 cm³/mol. The highest BCUT2D eigenvalue weighted by molar-refractivity contribution is 9.10. The lowest BCUT2D eigenvalue weighted by molar-refractivity contribution is -0.385. The number of para-hydroxylation sites is 1. The van der Waals surface area contributed by atoms with Crippen molar-refractivity contribution in [3.63, 3.8) is 0 Å². The highest BCUT2D eigenvalue weighted by Gasteiger charge is 2.20. The molecule has 2 N–H and O–H groups in total. The summed E-state index contributed by atoms with van der Waals surface area (Å²) in [5, 5.41) is 11.0. The van der Waals surface area contributed by atoms with E-state index in [9.17, 15) is 19.7 Å². The number of hydrazine groups is 1. The summed E-state index contributed by atoms with van der Waals surface area (Å²) in [6, 6.07) is 10.3. The molecule has 8 nitrogen and oxygen atoms in total. The molecule has 0 unspecified atom stereocenters. The maximum Gasteiger partial charge on any atom is 0.282 e. The molecule has 2 amide bonds. The molecule has 2 rings (SSSR count). The Morgan fingerprint density at radius 3 is 2.40 bits per heavy atom. The molecule has 2 aromatic rings. The van der Waals surface area contributed by atoms with Crippen LogP contribution in [0.25, 0.3) is 0 Å². The average Bonchev–Trinajstić information content (AvgIpc) is 2.61. The molecule has 9 heteroatoms. The molecule has 25 heavy (non-hydrogen) atoms. The number of halogens is 1. The van der Waals surface area contributed by atoms with Crippen molar-refractivity contribution in [2.45, 2.75) is 6.92 Å². The van der Waals surface area contributed by atoms with Crippen molar-refractivity contribution < 1.29 is 19.2 Å². The van der Waals surface area contributed by atoms with Gasteiger partial charge in [-0.05, 0) is 31.2 Å². The normalized spacial score (nSPS) is 10.0. The molecule has 0 spiro atoms. The van der Waals surface area contributed by atoms with Gasteiger partial charge in [0, 0.05) is 10.5 Å². The maximum absolute atomic E-state index is 12.3. The first kappa shape index (κ1) is 18.4. The van der Waals surface area contributed by atoms with Crippen LogP contribution in [0.1, 0.15) is 27.6 Å². The summed E-state index contributed by atoms with van der Waals surface area (Å²) in [5.41, 5.74) is 4.09. The van der Waals surface area contributed by atoms with Gasteiger partial charge >= 0.3 is 0 Å². The SMILES string of the molecule is CCOc1ccc(Br)cc1C(=O)NNC(=O)c1ccccc1[N+](=O)[O-]. The van der Waals surface area contributed by atoms with E-state index in [0.717, 1.165) is 0 Å².